The lowest BCUT2D eigenvalue weighted by Gasteiger charge is -2.29. The number of hydrogen-bond donors (Lipinski definition) is 2. The number of carbonyl (C=O) groups is 1. The molecule has 7 heteroatoms. The number of amides is 1. The third-order valence-corrected chi connectivity index (χ3v) is 5.53. The maximum Gasteiger partial charge on any atom is 0.261 e. The molecule has 148 valence electrons. The molecule has 1 aromatic heterocycles. The zero-order valence-electron chi connectivity index (χ0n) is 16.2. The van der Waals surface area contributed by atoms with E-state index in [0.29, 0.717) is 5.92 Å². The van der Waals surface area contributed by atoms with Gasteiger partial charge in [0.05, 0.1) is 5.56 Å². The van der Waals surface area contributed by atoms with Gasteiger partial charge in [-0.1, -0.05) is 24.9 Å². The molecular weight excluding hydrogens is 342 g/mol. The summed E-state index contributed by atoms with van der Waals surface area (Å²) in [5, 5.41) is 7.02. The molecule has 2 heterocycles. The number of rotatable bonds is 6. The van der Waals surface area contributed by atoms with Crippen LogP contribution in [-0.4, -0.2) is 42.5 Å². The van der Waals surface area contributed by atoms with Crippen LogP contribution in [0.5, 0.6) is 0 Å². The quantitative estimate of drug-likeness (QED) is 0.454. The summed E-state index contributed by atoms with van der Waals surface area (Å²) in [5.41, 5.74) is 6.87. The van der Waals surface area contributed by atoms with Gasteiger partial charge in [-0.05, 0) is 50.2 Å². The van der Waals surface area contributed by atoms with Crippen molar-refractivity contribution < 1.29 is 9.63 Å². The summed E-state index contributed by atoms with van der Waals surface area (Å²) in [6.45, 7) is 4.01. The van der Waals surface area contributed by atoms with Crippen molar-refractivity contribution in [1.82, 2.24) is 10.3 Å². The fourth-order valence-electron chi connectivity index (χ4n) is 3.94. The number of aromatic nitrogens is 1. The molecule has 0 aromatic carbocycles. The second kappa shape index (κ2) is 9.58. The first-order valence-corrected chi connectivity index (χ1v) is 10.1. The Hall–Kier alpha value is -2.31. The largest absolute Gasteiger partial charge is 0.384 e. The molecule has 1 aromatic rings. The van der Waals surface area contributed by atoms with Crippen molar-refractivity contribution in [2.45, 2.75) is 57.9 Å². The van der Waals surface area contributed by atoms with Gasteiger partial charge in [0.15, 0.2) is 12.4 Å². The summed E-state index contributed by atoms with van der Waals surface area (Å²) >= 11 is 0. The number of nitrogens with two attached hydrogens (primary N) is 1. The lowest BCUT2D eigenvalue weighted by atomic mass is 9.86. The van der Waals surface area contributed by atoms with Crippen molar-refractivity contribution >= 4 is 17.6 Å². The number of piperidine rings is 1. The summed E-state index contributed by atoms with van der Waals surface area (Å²) in [6.07, 6.45) is 9.94. The molecule has 2 atom stereocenters. The van der Waals surface area contributed by atoms with Gasteiger partial charge >= 0.3 is 0 Å². The number of oxime groups is 1. The standard InChI is InChI=1S/C20H31N5O2/c1-15-8-3-4-10-17(15)23-18(26)14-27-24-19(21)16-9-7-11-22-20(16)25-12-5-2-6-13-25/h7,9,11,15,17H,2-6,8,10,12-14H2,1H3,(H2,21,24)(H,23,26)/t15-,17-/m0/s1. The maximum absolute atomic E-state index is 12.1. The van der Waals surface area contributed by atoms with Gasteiger partial charge in [0.25, 0.3) is 5.91 Å². The average molecular weight is 374 g/mol. The number of nitrogens with zero attached hydrogens (tertiary/aromatic N) is 3. The SMILES string of the molecule is C[C@H]1CCCC[C@@H]1NC(=O)CO/N=C(\N)c1cccnc1N1CCCCC1. The highest BCUT2D eigenvalue weighted by Crippen LogP contribution is 2.24. The van der Waals surface area contributed by atoms with E-state index in [1.165, 1.54) is 19.3 Å². The molecule has 1 aliphatic heterocycles. The predicted molar refractivity (Wildman–Crippen MR) is 107 cm³/mol. The van der Waals surface area contributed by atoms with Gasteiger partial charge < -0.3 is 20.8 Å². The molecule has 2 aliphatic rings. The number of hydrogen-bond acceptors (Lipinski definition) is 5. The van der Waals surface area contributed by atoms with Gasteiger partial charge in [-0.15, -0.1) is 0 Å². The maximum atomic E-state index is 12.1. The molecule has 0 unspecified atom stereocenters. The lowest BCUT2D eigenvalue weighted by molar-refractivity contribution is -0.126. The molecule has 1 amide bonds. The Bertz CT molecular complexity index is 658. The highest BCUT2D eigenvalue weighted by molar-refractivity contribution is 6.01. The third kappa shape index (κ3) is 5.34. The van der Waals surface area contributed by atoms with Crippen LogP contribution in [0.4, 0.5) is 5.82 Å². The van der Waals surface area contributed by atoms with Gasteiger partial charge in [0, 0.05) is 25.3 Å². The number of carbonyl (C=O) groups excluding carboxylic acids is 1. The smallest absolute Gasteiger partial charge is 0.261 e. The van der Waals surface area contributed by atoms with Crippen LogP contribution in [0.15, 0.2) is 23.5 Å². The van der Waals surface area contributed by atoms with E-state index in [1.54, 1.807) is 6.20 Å². The van der Waals surface area contributed by atoms with Crippen LogP contribution in [0.3, 0.4) is 0 Å². The van der Waals surface area contributed by atoms with Crippen LogP contribution < -0.4 is 16.0 Å². The van der Waals surface area contributed by atoms with Gasteiger partial charge in [-0.2, -0.15) is 0 Å². The Morgan fingerprint density at radius 3 is 2.85 bits per heavy atom. The molecular formula is C20H31N5O2. The number of anilines is 1. The first-order chi connectivity index (χ1) is 13.1. The molecule has 0 spiro atoms. The molecule has 1 aliphatic carbocycles. The molecule has 1 saturated heterocycles. The lowest BCUT2D eigenvalue weighted by Crippen LogP contribution is -2.42. The minimum absolute atomic E-state index is 0.122. The van der Waals surface area contributed by atoms with Crippen LogP contribution in [0.25, 0.3) is 0 Å². The molecule has 27 heavy (non-hydrogen) atoms. The second-order valence-corrected chi connectivity index (χ2v) is 7.61. The van der Waals surface area contributed by atoms with E-state index in [4.69, 9.17) is 10.6 Å². The Balaban J connectivity index is 1.55. The predicted octanol–water partition coefficient (Wildman–Crippen LogP) is 2.40. The molecule has 7 nitrogen and oxygen atoms in total. The van der Waals surface area contributed by atoms with Crippen molar-refractivity contribution in [2.24, 2.45) is 16.8 Å². The van der Waals surface area contributed by atoms with Gasteiger partial charge in [-0.3, -0.25) is 4.79 Å². The number of nitrogens with one attached hydrogen (secondary N) is 1. The Kier molecular flexibility index (Phi) is 6.90. The first-order valence-electron chi connectivity index (χ1n) is 10.1. The topological polar surface area (TPSA) is 92.8 Å². The average Bonchev–Trinajstić information content (AvgIpc) is 2.70. The van der Waals surface area contributed by atoms with Crippen LogP contribution in [0.2, 0.25) is 0 Å². The van der Waals surface area contributed by atoms with E-state index < -0.39 is 0 Å². The van der Waals surface area contributed by atoms with Crippen molar-refractivity contribution in [1.29, 1.82) is 0 Å². The monoisotopic (exact) mass is 373 g/mol. The van der Waals surface area contributed by atoms with E-state index in [1.807, 2.05) is 12.1 Å². The van der Waals surface area contributed by atoms with Gasteiger partial charge in [0.2, 0.25) is 0 Å². The van der Waals surface area contributed by atoms with Crippen LogP contribution in [-0.2, 0) is 9.63 Å². The number of pyridine rings is 1. The van der Waals surface area contributed by atoms with Crippen molar-refractivity contribution in [3.8, 4) is 0 Å². The molecule has 1 saturated carbocycles. The summed E-state index contributed by atoms with van der Waals surface area (Å²) in [4.78, 5) is 24.1. The summed E-state index contributed by atoms with van der Waals surface area (Å²) in [6, 6.07) is 3.96. The molecule has 2 fully saturated rings. The zero-order chi connectivity index (χ0) is 19.1. The minimum Gasteiger partial charge on any atom is -0.384 e. The fraction of sp³-hybridized carbons (Fsp3) is 0.650. The first kappa shape index (κ1) is 19.5. The zero-order valence-corrected chi connectivity index (χ0v) is 16.2. The van der Waals surface area contributed by atoms with Crippen molar-refractivity contribution in [3.05, 3.63) is 23.9 Å². The van der Waals surface area contributed by atoms with E-state index in [0.717, 1.165) is 50.2 Å². The van der Waals surface area contributed by atoms with E-state index >= 15 is 0 Å². The molecule has 0 radical (unpaired) electrons. The summed E-state index contributed by atoms with van der Waals surface area (Å²) < 4.78 is 0. The van der Waals surface area contributed by atoms with E-state index in [9.17, 15) is 4.79 Å². The Morgan fingerprint density at radius 1 is 1.30 bits per heavy atom. The van der Waals surface area contributed by atoms with Crippen LogP contribution >= 0.6 is 0 Å². The molecule has 3 rings (SSSR count). The van der Waals surface area contributed by atoms with Crippen molar-refractivity contribution in [2.75, 3.05) is 24.6 Å². The Labute approximate surface area is 161 Å². The van der Waals surface area contributed by atoms with Crippen LogP contribution in [0.1, 0.15) is 57.4 Å². The summed E-state index contributed by atoms with van der Waals surface area (Å²) in [7, 11) is 0. The normalized spacial score (nSPS) is 23.7. The highest BCUT2D eigenvalue weighted by Gasteiger charge is 2.23. The van der Waals surface area contributed by atoms with Gasteiger partial charge in [0.1, 0.15) is 5.82 Å². The van der Waals surface area contributed by atoms with Crippen molar-refractivity contribution in [3.63, 3.8) is 0 Å². The second-order valence-electron chi connectivity index (χ2n) is 7.61. The molecule has 3 N–H and O–H groups in total. The molecule has 0 bridgehead atoms. The van der Waals surface area contributed by atoms with Gasteiger partial charge in [-0.25, -0.2) is 4.98 Å². The summed E-state index contributed by atoms with van der Waals surface area (Å²) in [5.74, 6) is 1.46. The van der Waals surface area contributed by atoms with E-state index in [-0.39, 0.29) is 24.4 Å². The number of amidine groups is 1. The third-order valence-electron chi connectivity index (χ3n) is 5.53. The van der Waals surface area contributed by atoms with E-state index in [2.05, 4.69) is 27.3 Å². The highest BCUT2D eigenvalue weighted by atomic mass is 16.6. The van der Waals surface area contributed by atoms with Crippen LogP contribution in [0, 0.1) is 5.92 Å². The Morgan fingerprint density at radius 2 is 2.07 bits per heavy atom. The minimum atomic E-state index is -0.146. The fourth-order valence-corrected chi connectivity index (χ4v) is 3.94.